The molecule has 1 N–H and O–H groups in total. The molecular weight excluding hydrogens is 334 g/mol. The van der Waals surface area contributed by atoms with Gasteiger partial charge in [0.25, 0.3) is 5.91 Å². The maximum atomic E-state index is 12.6. The number of nitrogens with zero attached hydrogens (tertiary/aromatic N) is 2. The highest BCUT2D eigenvalue weighted by atomic mass is 16.3. The zero-order valence-electron chi connectivity index (χ0n) is 15.1. The summed E-state index contributed by atoms with van der Waals surface area (Å²) in [6.45, 7) is 2.43. The molecule has 1 aliphatic carbocycles. The summed E-state index contributed by atoms with van der Waals surface area (Å²) in [5.41, 5.74) is 0.852. The van der Waals surface area contributed by atoms with E-state index in [1.54, 1.807) is 4.90 Å². The van der Waals surface area contributed by atoms with Crippen molar-refractivity contribution in [3.63, 3.8) is 0 Å². The van der Waals surface area contributed by atoms with Crippen LogP contribution in [0.5, 0.6) is 0 Å². The number of rotatable bonds is 3. The first-order valence-electron chi connectivity index (χ1n) is 9.48. The Balaban J connectivity index is 1.35. The van der Waals surface area contributed by atoms with Crippen molar-refractivity contribution in [3.8, 4) is 0 Å². The highest BCUT2D eigenvalue weighted by Gasteiger charge is 2.36. The van der Waals surface area contributed by atoms with Crippen LogP contribution in [-0.2, 0) is 11.2 Å². The second-order valence-corrected chi connectivity index (χ2v) is 7.57. The average Bonchev–Trinajstić information content (AvgIpc) is 3.21. The smallest absolute Gasteiger partial charge is 0.255 e. The summed E-state index contributed by atoms with van der Waals surface area (Å²) in [4.78, 5) is 40.9. The largest absolute Gasteiger partial charge is 0.468 e. The van der Waals surface area contributed by atoms with Gasteiger partial charge in [0.05, 0.1) is 17.2 Å². The molecule has 1 aromatic heterocycles. The van der Waals surface area contributed by atoms with Crippen LogP contribution in [0.4, 0.5) is 0 Å². The molecule has 0 spiro atoms. The van der Waals surface area contributed by atoms with Crippen molar-refractivity contribution < 1.29 is 18.8 Å². The van der Waals surface area contributed by atoms with E-state index in [-0.39, 0.29) is 29.7 Å². The van der Waals surface area contributed by atoms with Crippen molar-refractivity contribution in [2.24, 2.45) is 0 Å². The minimum absolute atomic E-state index is 0.00355. The van der Waals surface area contributed by atoms with Crippen molar-refractivity contribution in [1.29, 1.82) is 0 Å². The number of likely N-dealkylation sites (tertiary alicyclic amines) is 2. The van der Waals surface area contributed by atoms with E-state index >= 15 is 0 Å². The SMILES string of the molecule is CN1CC[C@@H](N2CCC(NC(=O)c3coc4c3C(=O)CCC4)CC2)C1=O. The zero-order chi connectivity index (χ0) is 18.3. The number of nitrogens with one attached hydrogen (secondary N) is 1. The summed E-state index contributed by atoms with van der Waals surface area (Å²) < 4.78 is 5.44. The molecule has 2 aliphatic heterocycles. The van der Waals surface area contributed by atoms with Gasteiger partial charge in [-0.15, -0.1) is 0 Å². The normalized spacial score (nSPS) is 24.8. The van der Waals surface area contributed by atoms with E-state index in [9.17, 15) is 14.4 Å². The summed E-state index contributed by atoms with van der Waals surface area (Å²) in [6, 6.07) is 0.0624. The van der Waals surface area contributed by atoms with Gasteiger partial charge < -0.3 is 14.6 Å². The number of amides is 2. The maximum Gasteiger partial charge on any atom is 0.255 e. The molecular formula is C19H25N3O4. The second-order valence-electron chi connectivity index (χ2n) is 7.57. The highest BCUT2D eigenvalue weighted by Crippen LogP contribution is 2.27. The standard InChI is InChI=1S/C19H25N3O4/c1-21-8-7-14(19(21)25)22-9-5-12(6-10-22)20-18(24)13-11-26-16-4-2-3-15(23)17(13)16/h11-12,14H,2-10H2,1H3,(H,20,24)/t14-/m1/s1. The minimum Gasteiger partial charge on any atom is -0.468 e. The van der Waals surface area contributed by atoms with E-state index in [1.807, 2.05) is 7.05 Å². The first-order valence-corrected chi connectivity index (χ1v) is 9.48. The molecule has 0 bridgehead atoms. The lowest BCUT2D eigenvalue weighted by Crippen LogP contribution is -2.50. The van der Waals surface area contributed by atoms with Gasteiger partial charge in [-0.2, -0.15) is 0 Å². The van der Waals surface area contributed by atoms with Crippen LogP contribution in [0.2, 0.25) is 0 Å². The lowest BCUT2D eigenvalue weighted by Gasteiger charge is -2.35. The van der Waals surface area contributed by atoms with Gasteiger partial charge in [0.1, 0.15) is 12.0 Å². The van der Waals surface area contributed by atoms with Crippen LogP contribution in [0.1, 0.15) is 58.6 Å². The van der Waals surface area contributed by atoms with Crippen molar-refractivity contribution in [1.82, 2.24) is 15.1 Å². The van der Waals surface area contributed by atoms with Crippen LogP contribution in [0.15, 0.2) is 10.7 Å². The Bertz CT molecular complexity index is 733. The van der Waals surface area contributed by atoms with Gasteiger partial charge in [0, 0.05) is 45.6 Å². The lowest BCUT2D eigenvalue weighted by atomic mass is 9.93. The summed E-state index contributed by atoms with van der Waals surface area (Å²) in [7, 11) is 1.85. The van der Waals surface area contributed by atoms with Gasteiger partial charge in [-0.05, 0) is 25.7 Å². The molecule has 0 radical (unpaired) electrons. The molecule has 7 nitrogen and oxygen atoms in total. The molecule has 1 atom stereocenters. The molecule has 3 aliphatic rings. The van der Waals surface area contributed by atoms with Crippen LogP contribution in [-0.4, -0.2) is 66.2 Å². The topological polar surface area (TPSA) is 82.9 Å². The van der Waals surface area contributed by atoms with E-state index < -0.39 is 0 Å². The monoisotopic (exact) mass is 359 g/mol. The molecule has 7 heteroatoms. The fourth-order valence-corrected chi connectivity index (χ4v) is 4.35. The van der Waals surface area contributed by atoms with E-state index in [0.717, 1.165) is 51.7 Å². The Morgan fingerprint density at radius 1 is 1.15 bits per heavy atom. The third-order valence-electron chi connectivity index (χ3n) is 5.90. The van der Waals surface area contributed by atoms with Crippen LogP contribution in [0, 0.1) is 0 Å². The summed E-state index contributed by atoms with van der Waals surface area (Å²) in [6.07, 6.45) is 5.92. The van der Waals surface area contributed by atoms with Gasteiger partial charge >= 0.3 is 0 Å². The van der Waals surface area contributed by atoms with Crippen LogP contribution >= 0.6 is 0 Å². The molecule has 3 heterocycles. The van der Waals surface area contributed by atoms with Crippen LogP contribution in [0.25, 0.3) is 0 Å². The number of Topliss-reactive ketones (excluding diaryl/α,β-unsaturated/α-hetero) is 1. The molecule has 0 unspecified atom stereocenters. The average molecular weight is 359 g/mol. The van der Waals surface area contributed by atoms with Crippen LogP contribution in [0.3, 0.4) is 0 Å². The van der Waals surface area contributed by atoms with Crippen molar-refractivity contribution in [2.75, 3.05) is 26.7 Å². The number of furan rings is 1. The summed E-state index contributed by atoms with van der Waals surface area (Å²) >= 11 is 0. The van der Waals surface area contributed by atoms with E-state index in [4.69, 9.17) is 4.42 Å². The molecule has 140 valence electrons. The molecule has 26 heavy (non-hydrogen) atoms. The predicted molar refractivity (Wildman–Crippen MR) is 94.1 cm³/mol. The third-order valence-corrected chi connectivity index (χ3v) is 5.90. The number of aryl methyl sites for hydroxylation is 1. The van der Waals surface area contributed by atoms with Gasteiger partial charge in [-0.25, -0.2) is 0 Å². The number of piperidine rings is 1. The Hall–Kier alpha value is -2.15. The number of carbonyl (C=O) groups is 3. The van der Waals surface area contributed by atoms with Crippen molar-refractivity contribution in [2.45, 2.75) is 50.6 Å². The predicted octanol–water partition coefficient (Wildman–Crippen LogP) is 1.22. The first kappa shape index (κ1) is 17.3. The molecule has 1 aromatic rings. The second kappa shape index (κ2) is 6.87. The number of ketones is 1. The van der Waals surface area contributed by atoms with E-state index in [0.29, 0.717) is 23.3 Å². The maximum absolute atomic E-state index is 12.6. The first-order chi connectivity index (χ1) is 12.5. The summed E-state index contributed by atoms with van der Waals surface area (Å²) in [5, 5.41) is 3.05. The fraction of sp³-hybridized carbons (Fsp3) is 0.632. The van der Waals surface area contributed by atoms with E-state index in [1.165, 1.54) is 6.26 Å². The number of carbonyl (C=O) groups excluding carboxylic acids is 3. The molecule has 2 amide bonds. The number of fused-ring (bicyclic) bond motifs is 1. The number of likely N-dealkylation sites (N-methyl/N-ethyl adjacent to an activating group) is 1. The minimum atomic E-state index is -0.222. The number of hydrogen-bond donors (Lipinski definition) is 1. The molecule has 4 rings (SSSR count). The molecule has 2 fully saturated rings. The Kier molecular flexibility index (Phi) is 4.56. The molecule has 2 saturated heterocycles. The molecule has 0 saturated carbocycles. The van der Waals surface area contributed by atoms with Crippen molar-refractivity contribution >= 4 is 17.6 Å². The Labute approximate surface area is 152 Å². The fourth-order valence-electron chi connectivity index (χ4n) is 4.35. The zero-order valence-corrected chi connectivity index (χ0v) is 15.1. The quantitative estimate of drug-likeness (QED) is 0.877. The van der Waals surface area contributed by atoms with Gasteiger partial charge in [0.15, 0.2) is 5.78 Å². The lowest BCUT2D eigenvalue weighted by molar-refractivity contribution is -0.131. The van der Waals surface area contributed by atoms with Crippen molar-refractivity contribution in [3.05, 3.63) is 23.2 Å². The Morgan fingerprint density at radius 2 is 1.92 bits per heavy atom. The molecule has 0 aromatic carbocycles. The number of hydrogen-bond acceptors (Lipinski definition) is 5. The van der Waals surface area contributed by atoms with Gasteiger partial charge in [-0.3, -0.25) is 19.3 Å². The highest BCUT2D eigenvalue weighted by molar-refractivity contribution is 6.09. The van der Waals surface area contributed by atoms with Crippen LogP contribution < -0.4 is 5.32 Å². The Morgan fingerprint density at radius 3 is 2.62 bits per heavy atom. The van der Waals surface area contributed by atoms with Gasteiger partial charge in [-0.1, -0.05) is 0 Å². The summed E-state index contributed by atoms with van der Waals surface area (Å²) in [5.74, 6) is 0.630. The third kappa shape index (κ3) is 3.05. The van der Waals surface area contributed by atoms with Gasteiger partial charge in [0.2, 0.25) is 5.91 Å². The van der Waals surface area contributed by atoms with E-state index in [2.05, 4.69) is 10.2 Å².